The lowest BCUT2D eigenvalue weighted by atomic mass is 10.1. The smallest absolute Gasteiger partial charge is 0.140 e. The summed E-state index contributed by atoms with van der Waals surface area (Å²) >= 11 is 5.97. The molecule has 20 heavy (non-hydrogen) atoms. The van der Waals surface area contributed by atoms with Crippen LogP contribution in [-0.2, 0) is 6.61 Å². The van der Waals surface area contributed by atoms with Crippen molar-refractivity contribution in [2.45, 2.75) is 6.61 Å². The van der Waals surface area contributed by atoms with Crippen LogP contribution >= 0.6 is 11.6 Å². The third-order valence-electron chi connectivity index (χ3n) is 2.61. The lowest BCUT2D eigenvalue weighted by Gasteiger charge is -2.08. The van der Waals surface area contributed by atoms with Gasteiger partial charge in [0.25, 0.3) is 0 Å². The number of ether oxygens (including phenoxy) is 1. The number of hydrogen-bond donors (Lipinski definition) is 0. The second-order valence-electron chi connectivity index (χ2n) is 3.97. The SMILES string of the molecule is N#Cc1ccc(OCc2ccc(F)c(C#N)c2)c(Cl)c1. The molecular weight excluding hydrogens is 279 g/mol. The highest BCUT2D eigenvalue weighted by molar-refractivity contribution is 6.32. The number of benzene rings is 2. The van der Waals surface area contributed by atoms with E-state index >= 15 is 0 Å². The molecule has 0 atom stereocenters. The minimum absolute atomic E-state index is 0.0305. The average Bonchev–Trinajstić information content (AvgIpc) is 2.47. The average molecular weight is 287 g/mol. The van der Waals surface area contributed by atoms with Crippen molar-refractivity contribution in [3.8, 4) is 17.9 Å². The van der Waals surface area contributed by atoms with Crippen molar-refractivity contribution in [1.29, 1.82) is 10.5 Å². The van der Waals surface area contributed by atoms with Gasteiger partial charge in [-0.25, -0.2) is 4.39 Å². The van der Waals surface area contributed by atoms with E-state index in [1.807, 2.05) is 6.07 Å². The van der Waals surface area contributed by atoms with Crippen LogP contribution < -0.4 is 4.74 Å². The third-order valence-corrected chi connectivity index (χ3v) is 2.90. The van der Waals surface area contributed by atoms with E-state index < -0.39 is 5.82 Å². The molecule has 0 aliphatic rings. The van der Waals surface area contributed by atoms with E-state index in [4.69, 9.17) is 26.9 Å². The minimum atomic E-state index is -0.562. The molecule has 5 heteroatoms. The first-order valence-electron chi connectivity index (χ1n) is 5.65. The zero-order valence-corrected chi connectivity index (χ0v) is 11.0. The topological polar surface area (TPSA) is 56.8 Å². The Hall–Kier alpha value is -2.56. The van der Waals surface area contributed by atoms with Gasteiger partial charge < -0.3 is 4.74 Å². The number of nitrogens with zero attached hydrogens (tertiary/aromatic N) is 2. The number of rotatable bonds is 3. The van der Waals surface area contributed by atoms with Gasteiger partial charge in [-0.3, -0.25) is 0 Å². The van der Waals surface area contributed by atoms with Gasteiger partial charge in [-0.05, 0) is 35.9 Å². The molecule has 2 aromatic rings. The summed E-state index contributed by atoms with van der Waals surface area (Å²) in [6.07, 6.45) is 0. The van der Waals surface area contributed by atoms with Crippen LogP contribution in [0.25, 0.3) is 0 Å². The van der Waals surface area contributed by atoms with Crippen LogP contribution in [0.4, 0.5) is 4.39 Å². The van der Waals surface area contributed by atoms with Gasteiger partial charge in [-0.15, -0.1) is 0 Å². The summed E-state index contributed by atoms with van der Waals surface area (Å²) < 4.78 is 18.7. The summed E-state index contributed by atoms with van der Waals surface area (Å²) in [5, 5.41) is 17.8. The summed E-state index contributed by atoms with van der Waals surface area (Å²) in [6.45, 7) is 0.153. The molecule has 0 unspecified atom stereocenters. The van der Waals surface area contributed by atoms with Crippen LogP contribution in [0.3, 0.4) is 0 Å². The molecule has 2 rings (SSSR count). The first kappa shape index (κ1) is 13.9. The summed E-state index contributed by atoms with van der Waals surface area (Å²) in [5.74, 6) is -0.138. The Bertz CT molecular complexity index is 732. The molecular formula is C15H8ClFN2O. The fourth-order valence-electron chi connectivity index (χ4n) is 1.60. The second kappa shape index (κ2) is 6.06. The molecule has 0 spiro atoms. The molecule has 0 saturated carbocycles. The van der Waals surface area contributed by atoms with Crippen LogP contribution in [0.1, 0.15) is 16.7 Å². The highest BCUT2D eigenvalue weighted by Gasteiger charge is 2.06. The molecule has 2 aromatic carbocycles. The normalized spacial score (nSPS) is 9.60. The summed E-state index contributed by atoms with van der Waals surface area (Å²) in [5.41, 5.74) is 1.07. The van der Waals surface area contributed by atoms with Gasteiger partial charge >= 0.3 is 0 Å². The lowest BCUT2D eigenvalue weighted by molar-refractivity contribution is 0.306. The van der Waals surface area contributed by atoms with Crippen LogP contribution in [0.2, 0.25) is 5.02 Å². The van der Waals surface area contributed by atoms with Crippen molar-refractivity contribution in [2.75, 3.05) is 0 Å². The van der Waals surface area contributed by atoms with Crippen molar-refractivity contribution in [2.24, 2.45) is 0 Å². The summed E-state index contributed by atoms with van der Waals surface area (Å²) in [7, 11) is 0. The van der Waals surface area contributed by atoms with E-state index in [2.05, 4.69) is 0 Å². The molecule has 0 radical (unpaired) electrons. The van der Waals surface area contributed by atoms with E-state index in [0.717, 1.165) is 0 Å². The van der Waals surface area contributed by atoms with Crippen LogP contribution in [0.15, 0.2) is 36.4 Å². The molecule has 0 bridgehead atoms. The first-order valence-corrected chi connectivity index (χ1v) is 6.03. The standard InChI is InChI=1S/C15H8ClFN2O/c16-13-6-10(7-18)2-4-15(13)20-9-11-1-3-14(17)12(5-11)8-19/h1-6H,9H2. The minimum Gasteiger partial charge on any atom is -0.487 e. The van der Waals surface area contributed by atoms with Crippen molar-refractivity contribution >= 4 is 11.6 Å². The number of halogens is 2. The van der Waals surface area contributed by atoms with Crippen LogP contribution in [0, 0.1) is 28.5 Å². The van der Waals surface area contributed by atoms with Crippen LogP contribution in [-0.4, -0.2) is 0 Å². The largest absolute Gasteiger partial charge is 0.487 e. The fraction of sp³-hybridized carbons (Fsp3) is 0.0667. The molecule has 0 saturated heterocycles. The van der Waals surface area contributed by atoms with E-state index in [1.54, 1.807) is 18.2 Å². The molecule has 0 aromatic heterocycles. The Morgan fingerprint density at radius 2 is 1.90 bits per heavy atom. The maximum atomic E-state index is 13.2. The quantitative estimate of drug-likeness (QED) is 0.862. The summed E-state index contributed by atoms with van der Waals surface area (Å²) in [6, 6.07) is 12.6. The van der Waals surface area contributed by atoms with Gasteiger partial charge in [0.2, 0.25) is 0 Å². The molecule has 0 aliphatic carbocycles. The van der Waals surface area contributed by atoms with Crippen molar-refractivity contribution in [1.82, 2.24) is 0 Å². The highest BCUT2D eigenvalue weighted by Crippen LogP contribution is 2.26. The molecule has 3 nitrogen and oxygen atoms in total. The Labute approximate surface area is 120 Å². The molecule has 0 heterocycles. The number of nitriles is 2. The monoisotopic (exact) mass is 286 g/mol. The van der Waals surface area contributed by atoms with E-state index in [1.165, 1.54) is 24.3 Å². The Kier molecular flexibility index (Phi) is 4.20. The number of hydrogen-bond acceptors (Lipinski definition) is 3. The zero-order chi connectivity index (χ0) is 14.5. The molecule has 0 fully saturated rings. The summed E-state index contributed by atoms with van der Waals surface area (Å²) in [4.78, 5) is 0. The van der Waals surface area contributed by atoms with Crippen molar-refractivity contribution in [3.63, 3.8) is 0 Å². The maximum Gasteiger partial charge on any atom is 0.140 e. The Morgan fingerprint density at radius 3 is 2.55 bits per heavy atom. The fourth-order valence-corrected chi connectivity index (χ4v) is 1.83. The van der Waals surface area contributed by atoms with Gasteiger partial charge in [0.15, 0.2) is 0 Å². The predicted molar refractivity (Wildman–Crippen MR) is 71.6 cm³/mol. The van der Waals surface area contributed by atoms with Crippen molar-refractivity contribution < 1.29 is 9.13 Å². The lowest BCUT2D eigenvalue weighted by Crippen LogP contribution is -1.97. The Balaban J connectivity index is 2.13. The second-order valence-corrected chi connectivity index (χ2v) is 4.38. The van der Waals surface area contributed by atoms with Crippen molar-refractivity contribution in [3.05, 3.63) is 63.9 Å². The molecule has 0 amide bonds. The zero-order valence-electron chi connectivity index (χ0n) is 10.2. The van der Waals surface area contributed by atoms with Crippen LogP contribution in [0.5, 0.6) is 5.75 Å². The van der Waals surface area contributed by atoms with Gasteiger partial charge in [-0.2, -0.15) is 10.5 Å². The predicted octanol–water partition coefficient (Wildman–Crippen LogP) is 3.80. The van der Waals surface area contributed by atoms with Gasteiger partial charge in [0.1, 0.15) is 24.2 Å². The van der Waals surface area contributed by atoms with Gasteiger partial charge in [0, 0.05) is 0 Å². The highest BCUT2D eigenvalue weighted by atomic mass is 35.5. The third kappa shape index (κ3) is 3.06. The van der Waals surface area contributed by atoms with E-state index in [-0.39, 0.29) is 12.2 Å². The molecule has 0 aliphatic heterocycles. The van der Waals surface area contributed by atoms with Gasteiger partial charge in [-0.1, -0.05) is 17.7 Å². The van der Waals surface area contributed by atoms with Gasteiger partial charge in [0.05, 0.1) is 22.2 Å². The molecule has 0 N–H and O–H groups in total. The molecule has 98 valence electrons. The van der Waals surface area contributed by atoms with E-state index in [9.17, 15) is 4.39 Å². The van der Waals surface area contributed by atoms with E-state index in [0.29, 0.717) is 21.9 Å². The first-order chi connectivity index (χ1) is 9.63. The Morgan fingerprint density at radius 1 is 1.10 bits per heavy atom. The maximum absolute atomic E-state index is 13.2.